The first kappa shape index (κ1) is 22.1. The topological polar surface area (TPSA) is 67.9 Å². The minimum atomic E-state index is -0.409. The fourth-order valence-electron chi connectivity index (χ4n) is 4.02. The molecule has 0 fully saturated rings. The smallest absolute Gasteiger partial charge is 0.282 e. The summed E-state index contributed by atoms with van der Waals surface area (Å²) in [5.41, 5.74) is 5.47. The van der Waals surface area contributed by atoms with Gasteiger partial charge in [-0.25, -0.2) is 4.90 Å². The van der Waals surface area contributed by atoms with E-state index in [1.165, 1.54) is 12.0 Å². The summed E-state index contributed by atoms with van der Waals surface area (Å²) >= 11 is 0. The number of rotatable bonds is 6. The van der Waals surface area contributed by atoms with Crippen LogP contribution in [0.25, 0.3) is 5.57 Å². The number of anilines is 2. The molecule has 6 nitrogen and oxygen atoms in total. The van der Waals surface area contributed by atoms with Crippen molar-refractivity contribution in [3.8, 4) is 11.5 Å². The van der Waals surface area contributed by atoms with Crippen molar-refractivity contribution in [2.24, 2.45) is 0 Å². The van der Waals surface area contributed by atoms with Gasteiger partial charge in [-0.2, -0.15) is 0 Å². The highest BCUT2D eigenvalue weighted by Crippen LogP contribution is 2.37. The molecule has 33 heavy (non-hydrogen) atoms. The van der Waals surface area contributed by atoms with Crippen molar-refractivity contribution in [2.75, 3.05) is 24.4 Å². The van der Waals surface area contributed by atoms with Crippen LogP contribution in [-0.2, 0) is 9.59 Å². The molecule has 168 valence electrons. The quantitative estimate of drug-likeness (QED) is 0.543. The number of ether oxygens (including phenoxy) is 2. The Morgan fingerprint density at radius 1 is 0.697 bits per heavy atom. The molecule has 1 aliphatic rings. The van der Waals surface area contributed by atoms with Crippen LogP contribution in [0.5, 0.6) is 11.5 Å². The molecule has 0 atom stereocenters. The highest BCUT2D eigenvalue weighted by atomic mass is 16.5. The molecule has 0 radical (unpaired) electrons. The molecule has 0 aliphatic carbocycles. The maximum absolute atomic E-state index is 13.6. The van der Waals surface area contributed by atoms with Gasteiger partial charge in [-0.15, -0.1) is 0 Å². The first-order valence-corrected chi connectivity index (χ1v) is 10.6. The lowest BCUT2D eigenvalue weighted by Crippen LogP contribution is -2.32. The molecule has 0 unspecified atom stereocenters. The van der Waals surface area contributed by atoms with Crippen LogP contribution in [0.4, 0.5) is 11.4 Å². The van der Waals surface area contributed by atoms with Crippen LogP contribution >= 0.6 is 0 Å². The molecule has 0 aromatic heterocycles. The molecule has 6 heteroatoms. The third kappa shape index (κ3) is 4.20. The van der Waals surface area contributed by atoms with Crippen molar-refractivity contribution in [3.05, 3.63) is 88.6 Å². The number of carbonyl (C=O) groups excluding carboxylic acids is 2. The molecule has 1 N–H and O–H groups in total. The Hall–Kier alpha value is -4.06. The van der Waals surface area contributed by atoms with Crippen LogP contribution in [0, 0.1) is 20.8 Å². The first-order chi connectivity index (χ1) is 15.8. The summed E-state index contributed by atoms with van der Waals surface area (Å²) in [7, 11) is 3.08. The Morgan fingerprint density at radius 2 is 1.33 bits per heavy atom. The zero-order valence-corrected chi connectivity index (χ0v) is 19.4. The lowest BCUT2D eigenvalue weighted by Gasteiger charge is -2.16. The van der Waals surface area contributed by atoms with Gasteiger partial charge in [-0.3, -0.25) is 9.59 Å². The fourth-order valence-corrected chi connectivity index (χ4v) is 4.02. The predicted molar refractivity (Wildman–Crippen MR) is 130 cm³/mol. The van der Waals surface area contributed by atoms with Crippen molar-refractivity contribution < 1.29 is 19.1 Å². The number of nitrogens with one attached hydrogen (secondary N) is 1. The second-order valence-electron chi connectivity index (χ2n) is 8.10. The normalized spacial score (nSPS) is 13.5. The average molecular weight is 443 g/mol. The Bertz CT molecular complexity index is 1260. The van der Waals surface area contributed by atoms with E-state index in [0.717, 1.165) is 22.4 Å². The molecule has 1 aliphatic heterocycles. The molecule has 0 spiro atoms. The van der Waals surface area contributed by atoms with Crippen LogP contribution in [0.15, 0.2) is 66.4 Å². The standard InChI is InChI=1S/C27H26N2O4/c1-16-6-9-21(10-7-16)29-26(30)24(19-8-11-22(32-4)23(15-19)33-5)25(27(29)31)28-20-13-17(2)12-18(3)14-20/h6-15,28H,1-5H3. The van der Waals surface area contributed by atoms with Gasteiger partial charge in [0.1, 0.15) is 5.70 Å². The van der Waals surface area contributed by atoms with E-state index in [2.05, 4.69) is 11.4 Å². The fraction of sp³-hybridized carbons (Fsp3) is 0.185. The lowest BCUT2D eigenvalue weighted by molar-refractivity contribution is -0.120. The summed E-state index contributed by atoms with van der Waals surface area (Å²) in [6.45, 7) is 5.93. The Kier molecular flexibility index (Phi) is 5.92. The van der Waals surface area contributed by atoms with Gasteiger partial charge in [-0.05, 0) is 73.9 Å². The van der Waals surface area contributed by atoms with E-state index in [9.17, 15) is 9.59 Å². The van der Waals surface area contributed by atoms with Crippen molar-refractivity contribution in [2.45, 2.75) is 20.8 Å². The van der Waals surface area contributed by atoms with Gasteiger partial charge in [0.25, 0.3) is 11.8 Å². The second-order valence-corrected chi connectivity index (χ2v) is 8.10. The molecule has 0 saturated carbocycles. The molecule has 0 saturated heterocycles. The maximum Gasteiger partial charge on any atom is 0.282 e. The molecule has 4 rings (SSSR count). The number of nitrogens with zero attached hydrogens (tertiary/aromatic N) is 1. The number of methoxy groups -OCH3 is 2. The largest absolute Gasteiger partial charge is 0.493 e. The minimum Gasteiger partial charge on any atom is -0.493 e. The number of hydrogen-bond donors (Lipinski definition) is 1. The highest BCUT2D eigenvalue weighted by Gasteiger charge is 2.40. The van der Waals surface area contributed by atoms with Crippen LogP contribution in [0.2, 0.25) is 0 Å². The third-order valence-corrected chi connectivity index (χ3v) is 5.54. The summed E-state index contributed by atoms with van der Waals surface area (Å²) in [5, 5.41) is 3.22. The first-order valence-electron chi connectivity index (χ1n) is 10.6. The van der Waals surface area contributed by atoms with Gasteiger partial charge in [0, 0.05) is 5.69 Å². The number of imide groups is 1. The molecular formula is C27H26N2O4. The number of carbonyl (C=O) groups is 2. The predicted octanol–water partition coefficient (Wildman–Crippen LogP) is 5.03. The molecule has 2 amide bonds. The Morgan fingerprint density at radius 3 is 1.94 bits per heavy atom. The summed E-state index contributed by atoms with van der Waals surface area (Å²) in [4.78, 5) is 28.4. The summed E-state index contributed by atoms with van der Waals surface area (Å²) in [6, 6.07) is 18.4. The maximum atomic E-state index is 13.6. The van der Waals surface area contributed by atoms with Gasteiger partial charge in [-0.1, -0.05) is 29.8 Å². The van der Waals surface area contributed by atoms with Crippen molar-refractivity contribution >= 4 is 28.8 Å². The summed E-state index contributed by atoms with van der Waals surface area (Å²) in [5.74, 6) is 0.205. The zero-order chi connectivity index (χ0) is 23.7. The highest BCUT2D eigenvalue weighted by molar-refractivity contribution is 6.46. The summed E-state index contributed by atoms with van der Waals surface area (Å²) < 4.78 is 10.8. The van der Waals surface area contributed by atoms with Crippen LogP contribution in [0.3, 0.4) is 0 Å². The Labute approximate surface area is 193 Å². The third-order valence-electron chi connectivity index (χ3n) is 5.54. The molecule has 3 aromatic carbocycles. The van der Waals surface area contributed by atoms with E-state index in [4.69, 9.17) is 9.47 Å². The number of amides is 2. The zero-order valence-electron chi connectivity index (χ0n) is 19.4. The van der Waals surface area contributed by atoms with E-state index < -0.39 is 11.8 Å². The minimum absolute atomic E-state index is 0.220. The van der Waals surface area contributed by atoms with E-state index in [1.807, 2.05) is 45.0 Å². The number of hydrogen-bond acceptors (Lipinski definition) is 5. The van der Waals surface area contributed by atoms with Gasteiger partial charge in [0.05, 0.1) is 25.5 Å². The lowest BCUT2D eigenvalue weighted by atomic mass is 10.0. The van der Waals surface area contributed by atoms with Gasteiger partial charge in [0.2, 0.25) is 0 Å². The summed E-state index contributed by atoms with van der Waals surface area (Å²) in [6.07, 6.45) is 0. The SMILES string of the molecule is COc1ccc(C2=C(Nc3cc(C)cc(C)c3)C(=O)N(c3ccc(C)cc3)C2=O)cc1OC. The monoisotopic (exact) mass is 442 g/mol. The van der Waals surface area contributed by atoms with E-state index in [-0.39, 0.29) is 11.3 Å². The van der Waals surface area contributed by atoms with E-state index in [1.54, 1.807) is 37.4 Å². The van der Waals surface area contributed by atoms with Crippen molar-refractivity contribution in [1.29, 1.82) is 0 Å². The van der Waals surface area contributed by atoms with E-state index in [0.29, 0.717) is 22.7 Å². The van der Waals surface area contributed by atoms with Crippen LogP contribution in [0.1, 0.15) is 22.3 Å². The van der Waals surface area contributed by atoms with Crippen LogP contribution < -0.4 is 19.7 Å². The van der Waals surface area contributed by atoms with Crippen LogP contribution in [-0.4, -0.2) is 26.0 Å². The molecule has 0 bridgehead atoms. The number of aryl methyl sites for hydroxylation is 3. The number of benzene rings is 3. The average Bonchev–Trinajstić information content (AvgIpc) is 3.02. The van der Waals surface area contributed by atoms with Crippen molar-refractivity contribution in [3.63, 3.8) is 0 Å². The molecular weight excluding hydrogens is 416 g/mol. The van der Waals surface area contributed by atoms with E-state index >= 15 is 0 Å². The molecule has 3 aromatic rings. The van der Waals surface area contributed by atoms with Gasteiger partial charge < -0.3 is 14.8 Å². The molecule has 1 heterocycles. The second kappa shape index (κ2) is 8.82. The van der Waals surface area contributed by atoms with Gasteiger partial charge in [0.15, 0.2) is 11.5 Å². The van der Waals surface area contributed by atoms with Gasteiger partial charge >= 0.3 is 0 Å². The van der Waals surface area contributed by atoms with Crippen molar-refractivity contribution in [1.82, 2.24) is 0 Å². The Balaban J connectivity index is 1.86.